The lowest BCUT2D eigenvalue weighted by molar-refractivity contribution is -0.132. The van der Waals surface area contributed by atoms with E-state index >= 15 is 0 Å². The third kappa shape index (κ3) is 3.79. The van der Waals surface area contributed by atoms with Crippen LogP contribution in [0, 0.1) is 5.92 Å². The van der Waals surface area contributed by atoms with Crippen LogP contribution in [0.25, 0.3) is 21.3 Å². The first-order valence-electron chi connectivity index (χ1n) is 10.6. The van der Waals surface area contributed by atoms with Crippen LogP contribution in [0.15, 0.2) is 35.7 Å². The smallest absolute Gasteiger partial charge is 0.225 e. The molecule has 0 spiro atoms. The third-order valence-corrected chi connectivity index (χ3v) is 6.72. The average molecular weight is 423 g/mol. The zero-order chi connectivity index (χ0) is 20.5. The summed E-state index contributed by atoms with van der Waals surface area (Å²) in [5.74, 6) is 2.28. The maximum atomic E-state index is 12.6. The minimum Gasteiger partial charge on any atom is -0.377 e. The van der Waals surface area contributed by atoms with Gasteiger partial charge in [-0.2, -0.15) is 0 Å². The molecule has 2 fully saturated rings. The highest BCUT2D eigenvalue weighted by Gasteiger charge is 2.34. The number of thiophene rings is 1. The SMILES string of the molecule is COCc1nc(N2CCCN(C(=O)C3CC3)CC2)c2c(-c3ccccc3)csc2n1. The summed E-state index contributed by atoms with van der Waals surface area (Å²) in [5, 5.41) is 3.28. The maximum absolute atomic E-state index is 12.6. The second kappa shape index (κ2) is 8.32. The number of anilines is 1. The summed E-state index contributed by atoms with van der Waals surface area (Å²) in [7, 11) is 1.67. The molecule has 1 saturated carbocycles. The van der Waals surface area contributed by atoms with E-state index in [4.69, 9.17) is 14.7 Å². The molecular weight excluding hydrogens is 396 g/mol. The first-order chi connectivity index (χ1) is 14.7. The number of carbonyl (C=O) groups is 1. The fourth-order valence-electron chi connectivity index (χ4n) is 4.16. The number of rotatable bonds is 5. The number of hydrogen-bond donors (Lipinski definition) is 0. The van der Waals surface area contributed by atoms with E-state index < -0.39 is 0 Å². The van der Waals surface area contributed by atoms with Crippen molar-refractivity contribution < 1.29 is 9.53 Å². The lowest BCUT2D eigenvalue weighted by atomic mass is 10.1. The largest absolute Gasteiger partial charge is 0.377 e. The predicted molar refractivity (Wildman–Crippen MR) is 120 cm³/mol. The summed E-state index contributed by atoms with van der Waals surface area (Å²) in [6, 6.07) is 10.4. The first-order valence-corrected chi connectivity index (χ1v) is 11.5. The predicted octanol–water partition coefficient (Wildman–Crippen LogP) is 3.95. The normalized spacial score (nSPS) is 17.4. The van der Waals surface area contributed by atoms with Gasteiger partial charge in [0.2, 0.25) is 5.91 Å². The summed E-state index contributed by atoms with van der Waals surface area (Å²) < 4.78 is 5.33. The van der Waals surface area contributed by atoms with E-state index in [1.165, 1.54) is 11.1 Å². The van der Waals surface area contributed by atoms with Gasteiger partial charge in [-0.05, 0) is 24.8 Å². The Balaban J connectivity index is 1.53. The van der Waals surface area contributed by atoms with Crippen LogP contribution in [0.5, 0.6) is 0 Å². The maximum Gasteiger partial charge on any atom is 0.225 e. The van der Waals surface area contributed by atoms with Crippen LogP contribution in [0.3, 0.4) is 0 Å². The number of nitrogens with zero attached hydrogens (tertiary/aromatic N) is 4. The molecule has 7 heteroatoms. The molecule has 5 rings (SSSR count). The van der Waals surface area contributed by atoms with Gasteiger partial charge in [0.15, 0.2) is 5.82 Å². The highest BCUT2D eigenvalue weighted by Crippen LogP contribution is 2.39. The van der Waals surface area contributed by atoms with Crippen molar-refractivity contribution in [2.45, 2.75) is 25.9 Å². The van der Waals surface area contributed by atoms with Crippen molar-refractivity contribution in [3.8, 4) is 11.1 Å². The van der Waals surface area contributed by atoms with Crippen LogP contribution >= 0.6 is 11.3 Å². The van der Waals surface area contributed by atoms with Crippen molar-refractivity contribution in [3.05, 3.63) is 41.5 Å². The zero-order valence-corrected chi connectivity index (χ0v) is 18.0. The molecule has 1 aromatic carbocycles. The van der Waals surface area contributed by atoms with Crippen LogP contribution in [-0.2, 0) is 16.1 Å². The molecule has 0 unspecified atom stereocenters. The number of benzene rings is 1. The number of carbonyl (C=O) groups excluding carboxylic acids is 1. The summed E-state index contributed by atoms with van der Waals surface area (Å²) in [5.41, 5.74) is 2.35. The molecule has 1 amide bonds. The Kier molecular flexibility index (Phi) is 5.39. The van der Waals surface area contributed by atoms with E-state index in [0.29, 0.717) is 18.3 Å². The fraction of sp³-hybridized carbons (Fsp3) is 0.435. The monoisotopic (exact) mass is 422 g/mol. The van der Waals surface area contributed by atoms with Gasteiger partial charge >= 0.3 is 0 Å². The molecule has 1 aliphatic heterocycles. The van der Waals surface area contributed by atoms with Gasteiger partial charge in [0, 0.05) is 50.2 Å². The van der Waals surface area contributed by atoms with Gasteiger partial charge in [-0.25, -0.2) is 9.97 Å². The molecular formula is C23H26N4O2S. The van der Waals surface area contributed by atoms with E-state index in [1.807, 2.05) is 6.07 Å². The molecule has 30 heavy (non-hydrogen) atoms. The van der Waals surface area contributed by atoms with Crippen LogP contribution in [0.1, 0.15) is 25.1 Å². The van der Waals surface area contributed by atoms with Crippen LogP contribution in [0.4, 0.5) is 5.82 Å². The Bertz CT molecular complexity index is 1050. The van der Waals surface area contributed by atoms with Crippen molar-refractivity contribution in [3.63, 3.8) is 0 Å². The molecule has 2 aliphatic rings. The molecule has 6 nitrogen and oxygen atoms in total. The number of ether oxygens (including phenoxy) is 1. The molecule has 0 bridgehead atoms. The molecule has 3 heterocycles. The van der Waals surface area contributed by atoms with E-state index in [-0.39, 0.29) is 5.92 Å². The Morgan fingerprint density at radius 3 is 2.73 bits per heavy atom. The quantitative estimate of drug-likeness (QED) is 0.623. The van der Waals surface area contributed by atoms with Crippen molar-refractivity contribution in [1.29, 1.82) is 0 Å². The van der Waals surface area contributed by atoms with Gasteiger partial charge in [-0.3, -0.25) is 4.79 Å². The van der Waals surface area contributed by atoms with Crippen LogP contribution in [-0.4, -0.2) is 54.1 Å². The number of hydrogen-bond acceptors (Lipinski definition) is 6. The van der Waals surface area contributed by atoms with Crippen molar-refractivity contribution >= 4 is 33.3 Å². The summed E-state index contributed by atoms with van der Waals surface area (Å²) in [6.45, 7) is 3.66. The Hall–Kier alpha value is -2.51. The molecule has 156 valence electrons. The molecule has 0 atom stereocenters. The summed E-state index contributed by atoms with van der Waals surface area (Å²) in [4.78, 5) is 27.6. The average Bonchev–Trinajstić information content (AvgIpc) is 3.57. The van der Waals surface area contributed by atoms with Crippen molar-refractivity contribution in [1.82, 2.24) is 14.9 Å². The number of fused-ring (bicyclic) bond motifs is 1. The standard InChI is InChI=1S/C23H26N4O2S/c1-29-14-19-24-21(26-10-5-11-27(13-12-26)23(28)17-8-9-17)20-18(15-30-22(20)25-19)16-6-3-2-4-7-16/h2-4,6-7,15,17H,5,8-14H2,1H3. The fourth-order valence-corrected chi connectivity index (χ4v) is 5.12. The zero-order valence-electron chi connectivity index (χ0n) is 17.2. The van der Waals surface area contributed by atoms with E-state index in [9.17, 15) is 4.79 Å². The molecule has 1 saturated heterocycles. The second-order valence-corrected chi connectivity index (χ2v) is 8.89. The highest BCUT2D eigenvalue weighted by molar-refractivity contribution is 7.17. The Morgan fingerprint density at radius 2 is 1.97 bits per heavy atom. The van der Waals surface area contributed by atoms with Crippen molar-refractivity contribution in [2.24, 2.45) is 5.92 Å². The second-order valence-electron chi connectivity index (χ2n) is 8.03. The van der Waals surface area contributed by atoms with Crippen molar-refractivity contribution in [2.75, 3.05) is 38.2 Å². The van der Waals surface area contributed by atoms with E-state index in [1.54, 1.807) is 18.4 Å². The summed E-state index contributed by atoms with van der Waals surface area (Å²) >= 11 is 1.65. The van der Waals surface area contributed by atoms with Crippen LogP contribution < -0.4 is 4.90 Å². The van der Waals surface area contributed by atoms with Gasteiger partial charge in [0.25, 0.3) is 0 Å². The topological polar surface area (TPSA) is 58.6 Å². The van der Waals surface area contributed by atoms with Crippen LogP contribution in [0.2, 0.25) is 0 Å². The van der Waals surface area contributed by atoms with E-state index in [2.05, 4.69) is 39.4 Å². The molecule has 0 radical (unpaired) electrons. The molecule has 2 aromatic heterocycles. The molecule has 3 aromatic rings. The lowest BCUT2D eigenvalue weighted by Crippen LogP contribution is -2.36. The molecule has 1 aliphatic carbocycles. The number of amides is 1. The lowest BCUT2D eigenvalue weighted by Gasteiger charge is -2.24. The van der Waals surface area contributed by atoms with Gasteiger partial charge in [-0.15, -0.1) is 11.3 Å². The number of aromatic nitrogens is 2. The first kappa shape index (κ1) is 19.5. The van der Waals surface area contributed by atoms with Gasteiger partial charge in [0.05, 0.1) is 5.39 Å². The van der Waals surface area contributed by atoms with Gasteiger partial charge < -0.3 is 14.5 Å². The van der Waals surface area contributed by atoms with E-state index in [0.717, 1.165) is 61.5 Å². The van der Waals surface area contributed by atoms with Gasteiger partial charge in [0.1, 0.15) is 17.3 Å². The minimum absolute atomic E-state index is 0.275. The third-order valence-electron chi connectivity index (χ3n) is 5.85. The Morgan fingerprint density at radius 1 is 1.13 bits per heavy atom. The van der Waals surface area contributed by atoms with Gasteiger partial charge in [-0.1, -0.05) is 30.3 Å². The number of methoxy groups -OCH3 is 1. The minimum atomic E-state index is 0.275. The highest BCUT2D eigenvalue weighted by atomic mass is 32.1. The molecule has 0 N–H and O–H groups in total. The Labute approximate surface area is 180 Å². The summed E-state index contributed by atoms with van der Waals surface area (Å²) in [6.07, 6.45) is 3.07.